The number of hydrogen-bond donors (Lipinski definition) is 2. The number of benzene rings is 2. The number of amides is 1. The SMILES string of the molecule is COc1ccc(C(C)CC(=O)Nc2ccc(O)cc2)c(OC)c1. The van der Waals surface area contributed by atoms with E-state index in [1.807, 2.05) is 25.1 Å². The molecule has 1 amide bonds. The molecule has 1 atom stereocenters. The highest BCUT2D eigenvalue weighted by molar-refractivity contribution is 5.91. The number of anilines is 1. The van der Waals surface area contributed by atoms with Gasteiger partial charge in [0.2, 0.25) is 5.91 Å². The van der Waals surface area contributed by atoms with Crippen LogP contribution in [0.1, 0.15) is 24.8 Å². The van der Waals surface area contributed by atoms with Crippen molar-refractivity contribution in [3.63, 3.8) is 0 Å². The average Bonchev–Trinajstić information content (AvgIpc) is 2.56. The van der Waals surface area contributed by atoms with Gasteiger partial charge in [-0.25, -0.2) is 0 Å². The van der Waals surface area contributed by atoms with E-state index in [1.165, 1.54) is 12.1 Å². The van der Waals surface area contributed by atoms with Crippen molar-refractivity contribution in [3.05, 3.63) is 48.0 Å². The van der Waals surface area contributed by atoms with Crippen LogP contribution in [0.5, 0.6) is 17.2 Å². The summed E-state index contributed by atoms with van der Waals surface area (Å²) in [4.78, 5) is 12.2. The van der Waals surface area contributed by atoms with Gasteiger partial charge >= 0.3 is 0 Å². The summed E-state index contributed by atoms with van der Waals surface area (Å²) in [5, 5.41) is 12.1. The highest BCUT2D eigenvalue weighted by atomic mass is 16.5. The summed E-state index contributed by atoms with van der Waals surface area (Å²) < 4.78 is 10.6. The monoisotopic (exact) mass is 315 g/mol. The van der Waals surface area contributed by atoms with Crippen molar-refractivity contribution in [1.82, 2.24) is 0 Å². The lowest BCUT2D eigenvalue weighted by atomic mass is 9.96. The van der Waals surface area contributed by atoms with Crippen molar-refractivity contribution in [2.75, 3.05) is 19.5 Å². The van der Waals surface area contributed by atoms with Crippen molar-refractivity contribution in [1.29, 1.82) is 0 Å². The van der Waals surface area contributed by atoms with Crippen LogP contribution < -0.4 is 14.8 Å². The van der Waals surface area contributed by atoms with Crippen LogP contribution in [-0.2, 0) is 4.79 Å². The molecule has 2 rings (SSSR count). The Kier molecular flexibility index (Phi) is 5.46. The molecule has 23 heavy (non-hydrogen) atoms. The molecule has 2 N–H and O–H groups in total. The number of hydrogen-bond acceptors (Lipinski definition) is 4. The fourth-order valence-corrected chi connectivity index (χ4v) is 2.37. The van der Waals surface area contributed by atoms with Gasteiger partial charge in [-0.15, -0.1) is 0 Å². The van der Waals surface area contributed by atoms with E-state index in [0.29, 0.717) is 23.6 Å². The molecule has 0 aromatic heterocycles. The number of carbonyl (C=O) groups excluding carboxylic acids is 1. The molecule has 0 aliphatic carbocycles. The topological polar surface area (TPSA) is 67.8 Å². The zero-order valence-electron chi connectivity index (χ0n) is 13.5. The Bertz CT molecular complexity index is 667. The molecule has 0 heterocycles. The molecule has 5 nitrogen and oxygen atoms in total. The Morgan fingerprint density at radius 2 is 1.83 bits per heavy atom. The molecule has 0 fully saturated rings. The Balaban J connectivity index is 2.04. The van der Waals surface area contributed by atoms with Crippen molar-refractivity contribution in [2.24, 2.45) is 0 Å². The fourth-order valence-electron chi connectivity index (χ4n) is 2.37. The van der Waals surface area contributed by atoms with Gasteiger partial charge in [0, 0.05) is 18.2 Å². The maximum atomic E-state index is 12.2. The van der Waals surface area contributed by atoms with E-state index >= 15 is 0 Å². The first kappa shape index (κ1) is 16.7. The molecular formula is C18H21NO4. The number of nitrogens with one attached hydrogen (secondary N) is 1. The third kappa shape index (κ3) is 4.39. The molecule has 0 saturated heterocycles. The van der Waals surface area contributed by atoms with Crippen LogP contribution in [0.2, 0.25) is 0 Å². The van der Waals surface area contributed by atoms with E-state index in [0.717, 1.165) is 5.56 Å². The molecule has 0 saturated carbocycles. The summed E-state index contributed by atoms with van der Waals surface area (Å²) in [6.07, 6.45) is 0.323. The number of methoxy groups -OCH3 is 2. The molecule has 5 heteroatoms. The van der Waals surface area contributed by atoms with Crippen LogP contribution in [0.3, 0.4) is 0 Å². The smallest absolute Gasteiger partial charge is 0.224 e. The van der Waals surface area contributed by atoms with Crippen LogP contribution in [0.4, 0.5) is 5.69 Å². The van der Waals surface area contributed by atoms with Gasteiger partial charge in [-0.3, -0.25) is 4.79 Å². The van der Waals surface area contributed by atoms with Gasteiger partial charge in [0.15, 0.2) is 0 Å². The second kappa shape index (κ2) is 7.54. The lowest BCUT2D eigenvalue weighted by molar-refractivity contribution is -0.116. The molecule has 2 aromatic rings. The normalized spacial score (nSPS) is 11.6. The fraction of sp³-hybridized carbons (Fsp3) is 0.278. The Morgan fingerprint density at radius 3 is 2.43 bits per heavy atom. The van der Waals surface area contributed by atoms with Crippen LogP contribution in [0.25, 0.3) is 0 Å². The third-order valence-corrected chi connectivity index (χ3v) is 3.61. The summed E-state index contributed by atoms with van der Waals surface area (Å²) in [5.74, 6) is 1.48. The van der Waals surface area contributed by atoms with Crippen LogP contribution >= 0.6 is 0 Å². The van der Waals surface area contributed by atoms with E-state index in [1.54, 1.807) is 26.4 Å². The number of phenols is 1. The van der Waals surface area contributed by atoms with Crippen LogP contribution in [-0.4, -0.2) is 25.2 Å². The van der Waals surface area contributed by atoms with E-state index in [2.05, 4.69) is 5.32 Å². The third-order valence-electron chi connectivity index (χ3n) is 3.61. The molecule has 0 aliphatic rings. The van der Waals surface area contributed by atoms with Gasteiger partial charge in [-0.1, -0.05) is 13.0 Å². The first-order chi connectivity index (χ1) is 11.0. The molecule has 0 aliphatic heterocycles. The van der Waals surface area contributed by atoms with E-state index in [-0.39, 0.29) is 17.6 Å². The minimum atomic E-state index is -0.0962. The van der Waals surface area contributed by atoms with E-state index < -0.39 is 0 Å². The minimum Gasteiger partial charge on any atom is -0.508 e. The molecule has 2 aromatic carbocycles. The van der Waals surface area contributed by atoms with Crippen molar-refractivity contribution >= 4 is 11.6 Å². The summed E-state index contributed by atoms with van der Waals surface area (Å²) in [6.45, 7) is 1.97. The van der Waals surface area contributed by atoms with E-state index in [4.69, 9.17) is 9.47 Å². The molecule has 0 spiro atoms. The summed E-state index contributed by atoms with van der Waals surface area (Å²) in [6, 6.07) is 12.0. The minimum absolute atomic E-state index is 0.00651. The van der Waals surface area contributed by atoms with Gasteiger partial charge < -0.3 is 19.9 Å². The Labute approximate surface area is 135 Å². The van der Waals surface area contributed by atoms with E-state index in [9.17, 15) is 9.90 Å². The highest BCUT2D eigenvalue weighted by Gasteiger charge is 2.16. The van der Waals surface area contributed by atoms with Crippen LogP contribution in [0, 0.1) is 0 Å². The predicted octanol–water partition coefficient (Wildman–Crippen LogP) is 3.54. The van der Waals surface area contributed by atoms with Gasteiger partial charge in [-0.05, 0) is 41.8 Å². The average molecular weight is 315 g/mol. The molecule has 0 bridgehead atoms. The number of phenolic OH excluding ortho intramolecular Hbond substituents is 1. The standard InChI is InChI=1S/C18H21NO4/c1-12(16-9-8-15(22-2)11-17(16)23-3)10-18(21)19-13-4-6-14(20)7-5-13/h4-9,11-12,20H,10H2,1-3H3,(H,19,21). The van der Waals surface area contributed by atoms with Crippen molar-refractivity contribution in [3.8, 4) is 17.2 Å². The predicted molar refractivity (Wildman–Crippen MR) is 89.3 cm³/mol. The first-order valence-corrected chi connectivity index (χ1v) is 7.34. The van der Waals surface area contributed by atoms with Gasteiger partial charge in [0.05, 0.1) is 14.2 Å². The second-order valence-electron chi connectivity index (χ2n) is 5.31. The number of rotatable bonds is 6. The zero-order valence-corrected chi connectivity index (χ0v) is 13.5. The lowest BCUT2D eigenvalue weighted by Crippen LogP contribution is -2.14. The zero-order chi connectivity index (χ0) is 16.8. The second-order valence-corrected chi connectivity index (χ2v) is 5.31. The van der Waals surface area contributed by atoms with Crippen molar-refractivity contribution < 1.29 is 19.4 Å². The van der Waals surface area contributed by atoms with Crippen molar-refractivity contribution in [2.45, 2.75) is 19.3 Å². The van der Waals surface area contributed by atoms with Gasteiger partial charge in [0.25, 0.3) is 0 Å². The number of ether oxygens (including phenoxy) is 2. The molecule has 0 radical (unpaired) electrons. The summed E-state index contributed by atoms with van der Waals surface area (Å²) in [7, 11) is 3.20. The molecular weight excluding hydrogens is 294 g/mol. The molecule has 122 valence electrons. The maximum Gasteiger partial charge on any atom is 0.224 e. The Morgan fingerprint density at radius 1 is 1.13 bits per heavy atom. The maximum absolute atomic E-state index is 12.2. The summed E-state index contributed by atoms with van der Waals surface area (Å²) >= 11 is 0. The first-order valence-electron chi connectivity index (χ1n) is 7.34. The lowest BCUT2D eigenvalue weighted by Gasteiger charge is -2.16. The van der Waals surface area contributed by atoms with Gasteiger partial charge in [-0.2, -0.15) is 0 Å². The quantitative estimate of drug-likeness (QED) is 0.800. The highest BCUT2D eigenvalue weighted by Crippen LogP contribution is 2.32. The van der Waals surface area contributed by atoms with Crippen LogP contribution in [0.15, 0.2) is 42.5 Å². The number of aromatic hydroxyl groups is 1. The summed E-state index contributed by atoms with van der Waals surface area (Å²) in [5.41, 5.74) is 1.61. The number of carbonyl (C=O) groups is 1. The molecule has 1 unspecified atom stereocenters. The largest absolute Gasteiger partial charge is 0.508 e. The Hall–Kier alpha value is -2.69. The van der Waals surface area contributed by atoms with Gasteiger partial charge in [0.1, 0.15) is 17.2 Å².